The number of ketones is 1. The van der Waals surface area contributed by atoms with E-state index in [1.807, 2.05) is 37.3 Å². The van der Waals surface area contributed by atoms with Gasteiger partial charge in [0, 0.05) is 11.1 Å². The number of rotatable bonds is 6. The first-order chi connectivity index (χ1) is 13.9. The van der Waals surface area contributed by atoms with Crippen LogP contribution in [0.3, 0.4) is 0 Å². The maximum atomic E-state index is 12.6. The number of Topliss-reactive ketones (excluding diaryl/α,β-unsaturated/α-hetero) is 1. The molecule has 0 radical (unpaired) electrons. The number of amides is 1. The van der Waals surface area contributed by atoms with E-state index in [0.29, 0.717) is 28.3 Å². The fourth-order valence-electron chi connectivity index (χ4n) is 3.20. The second-order valence-corrected chi connectivity index (χ2v) is 6.66. The van der Waals surface area contributed by atoms with Crippen LogP contribution in [0, 0.1) is 6.92 Å². The molecule has 1 N–H and O–H groups in total. The minimum atomic E-state index is -0.268. The Morgan fingerprint density at radius 1 is 0.862 bits per heavy atom. The summed E-state index contributed by atoms with van der Waals surface area (Å²) in [6, 6.07) is 18.1. The van der Waals surface area contributed by atoms with Gasteiger partial charge in [0.1, 0.15) is 0 Å². The van der Waals surface area contributed by atoms with Crippen LogP contribution in [-0.4, -0.2) is 25.9 Å². The molecular formula is C24H23NO4. The highest BCUT2D eigenvalue weighted by atomic mass is 16.5. The van der Waals surface area contributed by atoms with Crippen LogP contribution in [0.25, 0.3) is 11.1 Å². The molecule has 148 valence electrons. The third-order valence-corrected chi connectivity index (χ3v) is 4.72. The Bertz CT molecular complexity index is 1060. The van der Waals surface area contributed by atoms with Gasteiger partial charge >= 0.3 is 0 Å². The molecule has 0 aliphatic carbocycles. The van der Waals surface area contributed by atoms with Gasteiger partial charge in [-0.25, -0.2) is 0 Å². The van der Waals surface area contributed by atoms with Crippen LogP contribution in [0.4, 0.5) is 5.69 Å². The number of ether oxygens (including phenoxy) is 2. The first-order valence-electron chi connectivity index (χ1n) is 9.19. The van der Waals surface area contributed by atoms with Gasteiger partial charge in [0.05, 0.1) is 19.9 Å². The maximum Gasteiger partial charge on any atom is 0.255 e. The lowest BCUT2D eigenvalue weighted by Gasteiger charge is -2.16. The van der Waals surface area contributed by atoms with Gasteiger partial charge in [-0.05, 0) is 66.9 Å². The molecule has 3 aromatic rings. The Balaban J connectivity index is 2.07. The van der Waals surface area contributed by atoms with Crippen molar-refractivity contribution in [1.29, 1.82) is 0 Å². The van der Waals surface area contributed by atoms with Crippen molar-refractivity contribution in [2.45, 2.75) is 13.8 Å². The van der Waals surface area contributed by atoms with Crippen LogP contribution in [0.1, 0.15) is 33.2 Å². The number of hydrogen-bond acceptors (Lipinski definition) is 4. The Morgan fingerprint density at radius 2 is 1.55 bits per heavy atom. The highest BCUT2D eigenvalue weighted by molar-refractivity contribution is 6.09. The molecule has 0 aliphatic heterocycles. The monoisotopic (exact) mass is 389 g/mol. The topological polar surface area (TPSA) is 64.6 Å². The van der Waals surface area contributed by atoms with Crippen LogP contribution in [-0.2, 0) is 0 Å². The predicted octanol–water partition coefficient (Wildman–Crippen LogP) is 5.13. The summed E-state index contributed by atoms with van der Waals surface area (Å²) in [7, 11) is 3.17. The standard InChI is InChI=1S/C24H23NO4/c1-15-12-20(16(2)26)21(25-24(27)17-8-6-5-7-9-17)14-19(15)18-10-11-22(28-3)23(13-18)29-4/h5-14H,1-4H3,(H,25,27). The summed E-state index contributed by atoms with van der Waals surface area (Å²) in [6.45, 7) is 3.42. The van der Waals surface area contributed by atoms with Crippen molar-refractivity contribution in [3.8, 4) is 22.6 Å². The number of carbonyl (C=O) groups is 2. The smallest absolute Gasteiger partial charge is 0.255 e. The van der Waals surface area contributed by atoms with E-state index in [1.54, 1.807) is 44.6 Å². The van der Waals surface area contributed by atoms with Gasteiger partial charge in [-0.15, -0.1) is 0 Å². The van der Waals surface area contributed by atoms with Crippen molar-refractivity contribution < 1.29 is 19.1 Å². The molecule has 0 atom stereocenters. The minimum Gasteiger partial charge on any atom is -0.493 e. The molecule has 0 heterocycles. The van der Waals surface area contributed by atoms with E-state index >= 15 is 0 Å². The number of anilines is 1. The van der Waals surface area contributed by atoms with Crippen molar-refractivity contribution in [2.24, 2.45) is 0 Å². The van der Waals surface area contributed by atoms with Crippen LogP contribution in [0.15, 0.2) is 60.7 Å². The van der Waals surface area contributed by atoms with E-state index in [9.17, 15) is 9.59 Å². The van der Waals surface area contributed by atoms with E-state index in [2.05, 4.69) is 5.32 Å². The van der Waals surface area contributed by atoms with Gasteiger partial charge in [0.15, 0.2) is 17.3 Å². The molecule has 29 heavy (non-hydrogen) atoms. The molecule has 0 aliphatic rings. The summed E-state index contributed by atoms with van der Waals surface area (Å²) < 4.78 is 10.7. The quantitative estimate of drug-likeness (QED) is 0.593. The summed E-state index contributed by atoms with van der Waals surface area (Å²) in [5, 5.41) is 2.88. The Labute approximate surface area is 170 Å². The third kappa shape index (κ3) is 4.29. The van der Waals surface area contributed by atoms with E-state index < -0.39 is 0 Å². The molecule has 5 heteroatoms. The molecule has 0 saturated carbocycles. The molecule has 3 aromatic carbocycles. The van der Waals surface area contributed by atoms with Crippen molar-refractivity contribution in [1.82, 2.24) is 0 Å². The zero-order chi connectivity index (χ0) is 21.0. The van der Waals surface area contributed by atoms with E-state index in [0.717, 1.165) is 16.7 Å². The maximum absolute atomic E-state index is 12.6. The molecule has 3 rings (SSSR count). The number of carbonyl (C=O) groups excluding carboxylic acids is 2. The lowest BCUT2D eigenvalue weighted by molar-refractivity contribution is 0.101. The fourth-order valence-corrected chi connectivity index (χ4v) is 3.20. The van der Waals surface area contributed by atoms with Crippen molar-refractivity contribution in [3.63, 3.8) is 0 Å². The highest BCUT2D eigenvalue weighted by Crippen LogP contribution is 2.36. The SMILES string of the molecule is COc1ccc(-c2cc(NC(=O)c3ccccc3)c(C(C)=O)cc2C)cc1OC. The van der Waals surface area contributed by atoms with E-state index in [1.165, 1.54) is 6.92 Å². The Hall–Kier alpha value is -3.60. The number of nitrogens with one attached hydrogen (secondary N) is 1. The zero-order valence-electron chi connectivity index (χ0n) is 16.9. The second-order valence-electron chi connectivity index (χ2n) is 6.66. The lowest BCUT2D eigenvalue weighted by Crippen LogP contribution is -2.14. The van der Waals surface area contributed by atoms with Gasteiger partial charge in [0.2, 0.25) is 0 Å². The summed E-state index contributed by atoms with van der Waals surface area (Å²) in [5.74, 6) is 0.854. The molecule has 0 bridgehead atoms. The normalized spacial score (nSPS) is 10.3. The molecule has 0 saturated heterocycles. The molecule has 0 fully saturated rings. The fraction of sp³-hybridized carbons (Fsp3) is 0.167. The Morgan fingerprint density at radius 3 is 2.17 bits per heavy atom. The van der Waals surface area contributed by atoms with Gasteiger partial charge in [-0.2, -0.15) is 0 Å². The third-order valence-electron chi connectivity index (χ3n) is 4.72. The first kappa shape index (κ1) is 20.1. The number of aryl methyl sites for hydroxylation is 1. The molecule has 5 nitrogen and oxygen atoms in total. The summed E-state index contributed by atoms with van der Waals surface area (Å²) in [6.07, 6.45) is 0. The van der Waals surface area contributed by atoms with E-state index in [4.69, 9.17) is 9.47 Å². The molecule has 1 amide bonds. The van der Waals surface area contributed by atoms with Crippen LogP contribution >= 0.6 is 0 Å². The van der Waals surface area contributed by atoms with E-state index in [-0.39, 0.29) is 11.7 Å². The van der Waals surface area contributed by atoms with Gasteiger partial charge in [-0.1, -0.05) is 24.3 Å². The molecule has 0 spiro atoms. The second kappa shape index (κ2) is 8.61. The summed E-state index contributed by atoms with van der Waals surface area (Å²) in [5.41, 5.74) is 4.16. The van der Waals surface area contributed by atoms with Crippen LogP contribution in [0.2, 0.25) is 0 Å². The average Bonchev–Trinajstić information content (AvgIpc) is 2.74. The average molecular weight is 389 g/mol. The minimum absolute atomic E-state index is 0.115. The van der Waals surface area contributed by atoms with Crippen molar-refractivity contribution in [2.75, 3.05) is 19.5 Å². The lowest BCUT2D eigenvalue weighted by atomic mass is 9.95. The van der Waals surface area contributed by atoms with Crippen LogP contribution < -0.4 is 14.8 Å². The Kier molecular flexibility index (Phi) is 5.98. The molecule has 0 unspecified atom stereocenters. The summed E-state index contributed by atoms with van der Waals surface area (Å²) in [4.78, 5) is 24.8. The van der Waals surface area contributed by atoms with Crippen molar-refractivity contribution in [3.05, 3.63) is 77.4 Å². The van der Waals surface area contributed by atoms with Gasteiger partial charge in [0.25, 0.3) is 5.91 Å². The van der Waals surface area contributed by atoms with Gasteiger partial charge in [-0.3, -0.25) is 9.59 Å². The van der Waals surface area contributed by atoms with Gasteiger partial charge < -0.3 is 14.8 Å². The van der Waals surface area contributed by atoms with Crippen molar-refractivity contribution >= 4 is 17.4 Å². The predicted molar refractivity (Wildman–Crippen MR) is 114 cm³/mol. The summed E-state index contributed by atoms with van der Waals surface area (Å²) >= 11 is 0. The number of benzene rings is 3. The largest absolute Gasteiger partial charge is 0.493 e. The van der Waals surface area contributed by atoms with Crippen LogP contribution in [0.5, 0.6) is 11.5 Å². The highest BCUT2D eigenvalue weighted by Gasteiger charge is 2.16. The number of hydrogen-bond donors (Lipinski definition) is 1. The number of methoxy groups -OCH3 is 2. The molecule has 0 aromatic heterocycles. The first-order valence-corrected chi connectivity index (χ1v) is 9.19. The zero-order valence-corrected chi connectivity index (χ0v) is 16.9. The molecular weight excluding hydrogens is 366 g/mol.